The average Bonchev–Trinajstić information content (AvgIpc) is 2.95. The highest BCUT2D eigenvalue weighted by Gasteiger charge is 2.34. The fraction of sp³-hybridized carbons (Fsp3) is 0. The fourth-order valence-corrected chi connectivity index (χ4v) is 4.14. The van der Waals surface area contributed by atoms with Crippen LogP contribution in [0.2, 0.25) is 0 Å². The van der Waals surface area contributed by atoms with Crippen LogP contribution in [0.3, 0.4) is 0 Å². The Morgan fingerprint density at radius 1 is 1.03 bits per heavy atom. The largest absolute Gasteiger partial charge is 0.478 e. The van der Waals surface area contributed by atoms with Gasteiger partial charge in [-0.3, -0.25) is 9.69 Å². The maximum absolute atomic E-state index is 12.8. The predicted molar refractivity (Wildman–Crippen MR) is 116 cm³/mol. The molecule has 0 unspecified atom stereocenters. The number of thiocarbonyl (C=S) groups is 1. The quantitative estimate of drug-likeness (QED) is 0.512. The van der Waals surface area contributed by atoms with E-state index in [0.717, 1.165) is 28.3 Å². The van der Waals surface area contributed by atoms with Crippen LogP contribution in [0.25, 0.3) is 6.08 Å². The number of hydrogen-bond donors (Lipinski definition) is 2. The molecule has 1 fully saturated rings. The Hall–Kier alpha value is -2.94. The highest BCUT2D eigenvalue weighted by Crippen LogP contribution is 2.36. The van der Waals surface area contributed by atoms with E-state index in [-0.39, 0.29) is 26.0 Å². The summed E-state index contributed by atoms with van der Waals surface area (Å²) in [6, 6.07) is 12.7. The summed E-state index contributed by atoms with van der Waals surface area (Å²) >= 11 is 12.5. The van der Waals surface area contributed by atoms with Gasteiger partial charge in [0.15, 0.2) is 4.32 Å². The minimum atomic E-state index is -1.32. The summed E-state index contributed by atoms with van der Waals surface area (Å²) in [5.74, 6) is -3.15. The molecule has 2 aromatic carbocycles. The molecule has 9 heteroatoms. The van der Waals surface area contributed by atoms with Gasteiger partial charge >= 0.3 is 11.9 Å². The molecule has 146 valence electrons. The van der Waals surface area contributed by atoms with E-state index in [1.165, 1.54) is 18.2 Å². The maximum atomic E-state index is 12.8. The molecule has 29 heavy (non-hydrogen) atoms. The standard InChI is InChI=1S/C20H12ClNO5S2/c21-14(6-11-4-2-1-3-5-11)10-16-17(23)22(20(28)29-16)15-8-12(18(24)25)7-13(9-15)19(26)27/h1-10H,(H,24,25)(H,26,27)/b14-6-,16-10-. The number of carbonyl (C=O) groups is 3. The van der Waals surface area contributed by atoms with Gasteiger partial charge in [0.05, 0.1) is 21.7 Å². The molecule has 2 aromatic rings. The lowest BCUT2D eigenvalue weighted by atomic mass is 10.1. The molecule has 0 bridgehead atoms. The number of aromatic carboxylic acids is 2. The number of carboxylic acid groups (broad SMARTS) is 2. The van der Waals surface area contributed by atoms with E-state index < -0.39 is 17.8 Å². The third-order valence-corrected chi connectivity index (χ3v) is 5.36. The van der Waals surface area contributed by atoms with Crippen LogP contribution in [0, 0.1) is 0 Å². The Bertz CT molecular complexity index is 1060. The zero-order valence-corrected chi connectivity index (χ0v) is 16.9. The van der Waals surface area contributed by atoms with Gasteiger partial charge in [-0.05, 0) is 35.9 Å². The van der Waals surface area contributed by atoms with Crippen molar-refractivity contribution in [2.24, 2.45) is 0 Å². The van der Waals surface area contributed by atoms with Crippen molar-refractivity contribution in [2.75, 3.05) is 4.90 Å². The van der Waals surface area contributed by atoms with E-state index >= 15 is 0 Å². The molecule has 0 aliphatic carbocycles. The van der Waals surface area contributed by atoms with Crippen LogP contribution in [-0.4, -0.2) is 32.4 Å². The predicted octanol–water partition coefficient (Wildman–Crippen LogP) is 4.61. The SMILES string of the molecule is O=C(O)c1cc(C(=O)O)cc(N2C(=O)/C(=C/C(Cl)=C/c3ccccc3)SC2=S)c1. The smallest absolute Gasteiger partial charge is 0.335 e. The summed E-state index contributed by atoms with van der Waals surface area (Å²) in [6.07, 6.45) is 3.15. The van der Waals surface area contributed by atoms with Crippen molar-refractivity contribution >= 4 is 69.5 Å². The number of anilines is 1. The van der Waals surface area contributed by atoms with Crippen molar-refractivity contribution in [1.82, 2.24) is 0 Å². The lowest BCUT2D eigenvalue weighted by molar-refractivity contribution is -0.113. The molecule has 2 N–H and O–H groups in total. The number of rotatable bonds is 5. The third kappa shape index (κ3) is 4.73. The minimum absolute atomic E-state index is 0.0661. The highest BCUT2D eigenvalue weighted by molar-refractivity contribution is 8.27. The van der Waals surface area contributed by atoms with Gasteiger partial charge in [-0.15, -0.1) is 0 Å². The Morgan fingerprint density at radius 2 is 1.62 bits per heavy atom. The van der Waals surface area contributed by atoms with Gasteiger partial charge in [-0.2, -0.15) is 0 Å². The first-order valence-electron chi connectivity index (χ1n) is 8.08. The number of amides is 1. The van der Waals surface area contributed by atoms with Crippen molar-refractivity contribution in [1.29, 1.82) is 0 Å². The van der Waals surface area contributed by atoms with Crippen LogP contribution in [0.15, 0.2) is 64.5 Å². The van der Waals surface area contributed by atoms with Crippen LogP contribution in [-0.2, 0) is 4.79 Å². The molecular weight excluding hydrogens is 434 g/mol. The number of thioether (sulfide) groups is 1. The molecule has 1 amide bonds. The van der Waals surface area contributed by atoms with Crippen LogP contribution in [0.5, 0.6) is 0 Å². The van der Waals surface area contributed by atoms with E-state index in [0.29, 0.717) is 5.03 Å². The summed E-state index contributed by atoms with van der Waals surface area (Å²) in [4.78, 5) is 36.8. The molecule has 6 nitrogen and oxygen atoms in total. The van der Waals surface area contributed by atoms with Gasteiger partial charge in [-0.25, -0.2) is 9.59 Å². The molecule has 0 aromatic heterocycles. The van der Waals surface area contributed by atoms with Crippen LogP contribution in [0.1, 0.15) is 26.3 Å². The number of halogens is 1. The number of allylic oxidation sites excluding steroid dienone is 2. The Labute approximate surface area is 180 Å². The lowest BCUT2D eigenvalue weighted by Crippen LogP contribution is -2.28. The van der Waals surface area contributed by atoms with E-state index in [2.05, 4.69) is 0 Å². The van der Waals surface area contributed by atoms with Crippen LogP contribution >= 0.6 is 35.6 Å². The van der Waals surface area contributed by atoms with Gasteiger partial charge in [0.1, 0.15) is 0 Å². The Balaban J connectivity index is 1.96. The van der Waals surface area contributed by atoms with Crippen LogP contribution in [0.4, 0.5) is 5.69 Å². The number of carboxylic acids is 2. The zero-order chi connectivity index (χ0) is 21.1. The van der Waals surface area contributed by atoms with E-state index in [9.17, 15) is 24.6 Å². The average molecular weight is 446 g/mol. The van der Waals surface area contributed by atoms with Gasteiger partial charge in [0.2, 0.25) is 0 Å². The molecule has 1 aliphatic rings. The molecule has 0 radical (unpaired) electrons. The normalized spacial score (nSPS) is 15.8. The number of hydrogen-bond acceptors (Lipinski definition) is 5. The second kappa shape index (κ2) is 8.60. The number of benzene rings is 2. The van der Waals surface area contributed by atoms with Crippen molar-refractivity contribution in [3.05, 3.63) is 81.2 Å². The topological polar surface area (TPSA) is 94.9 Å². The number of carbonyl (C=O) groups excluding carboxylic acids is 1. The molecule has 0 saturated carbocycles. The van der Waals surface area contributed by atoms with Crippen molar-refractivity contribution in [3.8, 4) is 0 Å². The van der Waals surface area contributed by atoms with Gasteiger partial charge < -0.3 is 10.2 Å². The van der Waals surface area contributed by atoms with Gasteiger partial charge in [0, 0.05) is 5.03 Å². The fourth-order valence-electron chi connectivity index (χ4n) is 2.55. The highest BCUT2D eigenvalue weighted by atomic mass is 35.5. The summed E-state index contributed by atoms with van der Waals surface area (Å²) in [5.41, 5.74) is 0.390. The lowest BCUT2D eigenvalue weighted by Gasteiger charge is -2.16. The van der Waals surface area contributed by atoms with Crippen molar-refractivity contribution in [2.45, 2.75) is 0 Å². The van der Waals surface area contributed by atoms with Gasteiger partial charge in [-0.1, -0.05) is 65.9 Å². The zero-order valence-electron chi connectivity index (χ0n) is 14.5. The van der Waals surface area contributed by atoms with Crippen molar-refractivity contribution in [3.63, 3.8) is 0 Å². The first kappa shape index (κ1) is 20.8. The summed E-state index contributed by atoms with van der Waals surface area (Å²) < 4.78 is 0.143. The summed E-state index contributed by atoms with van der Waals surface area (Å²) in [5, 5.41) is 18.8. The molecule has 1 aliphatic heterocycles. The van der Waals surface area contributed by atoms with Gasteiger partial charge in [0.25, 0.3) is 5.91 Å². The maximum Gasteiger partial charge on any atom is 0.335 e. The summed E-state index contributed by atoms with van der Waals surface area (Å²) in [6.45, 7) is 0. The number of nitrogens with zero attached hydrogens (tertiary/aromatic N) is 1. The summed E-state index contributed by atoms with van der Waals surface area (Å²) in [7, 11) is 0. The van der Waals surface area contributed by atoms with Crippen molar-refractivity contribution < 1.29 is 24.6 Å². The molecule has 1 heterocycles. The molecule has 1 saturated heterocycles. The molecule has 0 spiro atoms. The van der Waals surface area contributed by atoms with E-state index in [1.807, 2.05) is 30.3 Å². The Morgan fingerprint density at radius 3 is 2.17 bits per heavy atom. The second-order valence-electron chi connectivity index (χ2n) is 5.84. The molecule has 0 atom stereocenters. The van der Waals surface area contributed by atoms with E-state index in [1.54, 1.807) is 6.08 Å². The molecular formula is C20H12ClNO5S2. The second-order valence-corrected chi connectivity index (χ2v) is 7.95. The third-order valence-electron chi connectivity index (χ3n) is 3.84. The first-order chi connectivity index (χ1) is 13.8. The van der Waals surface area contributed by atoms with E-state index in [4.69, 9.17) is 23.8 Å². The molecule has 3 rings (SSSR count). The minimum Gasteiger partial charge on any atom is -0.478 e. The Kier molecular flexibility index (Phi) is 6.17. The monoisotopic (exact) mass is 445 g/mol. The first-order valence-corrected chi connectivity index (χ1v) is 9.68. The van der Waals surface area contributed by atoms with Crippen LogP contribution < -0.4 is 4.90 Å².